The summed E-state index contributed by atoms with van der Waals surface area (Å²) < 4.78 is 0. The maximum atomic E-state index is 4.24. The second-order valence-electron chi connectivity index (χ2n) is 3.21. The molecule has 0 N–H and O–H groups in total. The molecule has 0 saturated heterocycles. The quantitative estimate of drug-likeness (QED) is 0.495. The first-order valence-electron chi connectivity index (χ1n) is 4.78. The molecular formula is C12H20S. The molecule has 0 atom stereocenters. The van der Waals surface area contributed by atoms with Crippen LogP contribution >= 0.6 is 12.6 Å². The first kappa shape index (κ1) is 12.6. The minimum absolute atomic E-state index is 0.753. The van der Waals surface area contributed by atoms with Crippen molar-refractivity contribution in [3.63, 3.8) is 0 Å². The SMILES string of the molecule is C=C(CS)/C(=C\C(C)=C/C)CCC. The van der Waals surface area contributed by atoms with E-state index in [0.29, 0.717) is 0 Å². The van der Waals surface area contributed by atoms with Crippen LogP contribution in [0.1, 0.15) is 33.6 Å². The van der Waals surface area contributed by atoms with Crippen LogP contribution in [0.4, 0.5) is 0 Å². The van der Waals surface area contributed by atoms with Gasteiger partial charge in [0.2, 0.25) is 0 Å². The van der Waals surface area contributed by atoms with Crippen molar-refractivity contribution in [1.29, 1.82) is 0 Å². The van der Waals surface area contributed by atoms with Gasteiger partial charge in [0.15, 0.2) is 0 Å². The summed E-state index contributed by atoms with van der Waals surface area (Å²) in [6.07, 6.45) is 6.59. The maximum Gasteiger partial charge on any atom is 0.0151 e. The van der Waals surface area contributed by atoms with Crippen LogP contribution in [-0.4, -0.2) is 5.75 Å². The van der Waals surface area contributed by atoms with Crippen LogP contribution in [0.25, 0.3) is 0 Å². The first-order valence-corrected chi connectivity index (χ1v) is 5.41. The van der Waals surface area contributed by atoms with Gasteiger partial charge in [-0.3, -0.25) is 0 Å². The van der Waals surface area contributed by atoms with E-state index in [1.807, 2.05) is 0 Å². The van der Waals surface area contributed by atoms with Crippen LogP contribution < -0.4 is 0 Å². The van der Waals surface area contributed by atoms with Crippen molar-refractivity contribution >= 4 is 12.6 Å². The smallest absolute Gasteiger partial charge is 0.0151 e. The normalized spacial score (nSPS) is 13.2. The molecule has 0 aliphatic carbocycles. The minimum atomic E-state index is 0.753. The zero-order valence-electron chi connectivity index (χ0n) is 8.93. The molecular weight excluding hydrogens is 176 g/mol. The Bertz CT molecular complexity index is 221. The number of allylic oxidation sites excluding steroid dienone is 4. The monoisotopic (exact) mass is 196 g/mol. The Labute approximate surface area is 87.8 Å². The molecule has 0 amide bonds. The van der Waals surface area contributed by atoms with E-state index in [1.54, 1.807) is 0 Å². The molecule has 74 valence electrons. The lowest BCUT2D eigenvalue weighted by Gasteiger charge is -2.07. The second-order valence-corrected chi connectivity index (χ2v) is 3.53. The van der Waals surface area contributed by atoms with Crippen LogP contribution in [0.3, 0.4) is 0 Å². The Kier molecular flexibility index (Phi) is 6.79. The molecule has 0 aromatic carbocycles. The average Bonchev–Trinajstić information content (AvgIpc) is 2.15. The largest absolute Gasteiger partial charge is 0.175 e. The summed E-state index contributed by atoms with van der Waals surface area (Å²) in [4.78, 5) is 0. The molecule has 0 saturated carbocycles. The topological polar surface area (TPSA) is 0 Å². The van der Waals surface area contributed by atoms with Gasteiger partial charge < -0.3 is 0 Å². The fourth-order valence-electron chi connectivity index (χ4n) is 1.08. The van der Waals surface area contributed by atoms with Gasteiger partial charge in [-0.15, -0.1) is 0 Å². The van der Waals surface area contributed by atoms with E-state index in [4.69, 9.17) is 0 Å². The highest BCUT2D eigenvalue weighted by atomic mass is 32.1. The highest BCUT2D eigenvalue weighted by molar-refractivity contribution is 7.80. The standard InChI is InChI=1S/C12H20S/c1-5-7-12(11(4)9-13)8-10(3)6-2/h6,8,13H,4-5,7,9H2,1-3H3/b10-6-,12-8-. The predicted octanol–water partition coefficient (Wildman–Crippen LogP) is 4.17. The Hall–Kier alpha value is -0.430. The Morgan fingerprint density at radius 3 is 2.46 bits per heavy atom. The van der Waals surface area contributed by atoms with Crippen molar-refractivity contribution in [3.8, 4) is 0 Å². The second kappa shape index (κ2) is 7.02. The third kappa shape index (κ3) is 4.99. The highest BCUT2D eigenvalue weighted by Gasteiger charge is 1.99. The summed E-state index contributed by atoms with van der Waals surface area (Å²) in [6.45, 7) is 10.4. The molecule has 0 unspecified atom stereocenters. The zero-order valence-corrected chi connectivity index (χ0v) is 9.82. The van der Waals surface area contributed by atoms with E-state index in [1.165, 1.54) is 11.1 Å². The Morgan fingerprint density at radius 1 is 1.46 bits per heavy atom. The van der Waals surface area contributed by atoms with Gasteiger partial charge in [-0.05, 0) is 31.4 Å². The van der Waals surface area contributed by atoms with Gasteiger partial charge in [-0.25, -0.2) is 0 Å². The van der Waals surface area contributed by atoms with Crippen molar-refractivity contribution in [1.82, 2.24) is 0 Å². The van der Waals surface area contributed by atoms with Crippen LogP contribution in [0.2, 0.25) is 0 Å². The molecule has 0 aromatic rings. The van der Waals surface area contributed by atoms with E-state index in [-0.39, 0.29) is 0 Å². The van der Waals surface area contributed by atoms with Crippen molar-refractivity contribution in [3.05, 3.63) is 35.5 Å². The van der Waals surface area contributed by atoms with Crippen molar-refractivity contribution in [2.75, 3.05) is 5.75 Å². The van der Waals surface area contributed by atoms with Crippen LogP contribution in [-0.2, 0) is 0 Å². The number of rotatable bonds is 5. The molecule has 0 rings (SSSR count). The Morgan fingerprint density at radius 2 is 2.08 bits per heavy atom. The Balaban J connectivity index is 4.59. The number of hydrogen-bond acceptors (Lipinski definition) is 1. The van der Waals surface area contributed by atoms with E-state index in [2.05, 4.69) is 52.1 Å². The van der Waals surface area contributed by atoms with E-state index < -0.39 is 0 Å². The average molecular weight is 196 g/mol. The summed E-state index contributed by atoms with van der Waals surface area (Å²) in [5.41, 5.74) is 3.78. The molecule has 0 heterocycles. The van der Waals surface area contributed by atoms with Gasteiger partial charge in [0.1, 0.15) is 0 Å². The van der Waals surface area contributed by atoms with E-state index in [0.717, 1.165) is 24.2 Å². The van der Waals surface area contributed by atoms with Crippen molar-refractivity contribution in [2.24, 2.45) is 0 Å². The van der Waals surface area contributed by atoms with Gasteiger partial charge in [-0.2, -0.15) is 12.6 Å². The molecule has 0 aromatic heterocycles. The van der Waals surface area contributed by atoms with Gasteiger partial charge in [-0.1, -0.05) is 37.6 Å². The fraction of sp³-hybridized carbons (Fsp3) is 0.500. The molecule has 1 heteroatoms. The lowest BCUT2D eigenvalue weighted by molar-refractivity contribution is 0.912. The van der Waals surface area contributed by atoms with Gasteiger partial charge >= 0.3 is 0 Å². The van der Waals surface area contributed by atoms with Crippen molar-refractivity contribution < 1.29 is 0 Å². The molecule has 0 nitrogen and oxygen atoms in total. The molecule has 0 bridgehead atoms. The minimum Gasteiger partial charge on any atom is -0.175 e. The molecule has 0 aliphatic rings. The van der Waals surface area contributed by atoms with Gasteiger partial charge in [0.25, 0.3) is 0 Å². The van der Waals surface area contributed by atoms with E-state index >= 15 is 0 Å². The summed E-state index contributed by atoms with van der Waals surface area (Å²) >= 11 is 4.24. The third-order valence-corrected chi connectivity index (χ3v) is 2.40. The van der Waals surface area contributed by atoms with Gasteiger partial charge in [0.05, 0.1) is 0 Å². The van der Waals surface area contributed by atoms with E-state index in [9.17, 15) is 0 Å². The lowest BCUT2D eigenvalue weighted by Crippen LogP contribution is -1.90. The van der Waals surface area contributed by atoms with Crippen molar-refractivity contribution in [2.45, 2.75) is 33.6 Å². The summed E-state index contributed by atoms with van der Waals surface area (Å²) in [5.74, 6) is 0.753. The summed E-state index contributed by atoms with van der Waals surface area (Å²) in [5, 5.41) is 0. The fourth-order valence-corrected chi connectivity index (χ4v) is 1.28. The zero-order chi connectivity index (χ0) is 10.3. The van der Waals surface area contributed by atoms with Gasteiger partial charge in [0, 0.05) is 5.75 Å². The predicted molar refractivity (Wildman–Crippen MR) is 65.4 cm³/mol. The number of thiol groups is 1. The summed E-state index contributed by atoms with van der Waals surface area (Å²) in [7, 11) is 0. The molecule has 0 fully saturated rings. The third-order valence-electron chi connectivity index (χ3n) is 2.02. The summed E-state index contributed by atoms with van der Waals surface area (Å²) in [6, 6.07) is 0. The molecule has 0 aliphatic heterocycles. The lowest BCUT2D eigenvalue weighted by atomic mass is 10.0. The van der Waals surface area contributed by atoms with Crippen LogP contribution in [0.5, 0.6) is 0 Å². The molecule has 0 spiro atoms. The number of hydrogen-bond donors (Lipinski definition) is 1. The maximum absolute atomic E-state index is 4.24. The molecule has 13 heavy (non-hydrogen) atoms. The van der Waals surface area contributed by atoms with Crippen LogP contribution in [0, 0.1) is 0 Å². The van der Waals surface area contributed by atoms with Crippen LogP contribution in [0.15, 0.2) is 35.5 Å². The first-order chi connectivity index (χ1) is 6.15. The highest BCUT2D eigenvalue weighted by Crippen LogP contribution is 2.17. The molecule has 0 radical (unpaired) electrons.